The van der Waals surface area contributed by atoms with Crippen LogP contribution in [0.4, 0.5) is 0 Å². The van der Waals surface area contributed by atoms with Crippen LogP contribution < -0.4 is 0 Å². The lowest BCUT2D eigenvalue weighted by Gasteiger charge is -2.02. The highest BCUT2D eigenvalue weighted by molar-refractivity contribution is 5.80. The first kappa shape index (κ1) is 31.2. The van der Waals surface area contributed by atoms with Gasteiger partial charge in [0.1, 0.15) is 0 Å². The second kappa shape index (κ2) is 28.0. The Kier molecular flexibility index (Phi) is 28.1. The number of hydrogen-bond donors (Lipinski definition) is 1. The number of ether oxygens (including phenoxy) is 1. The Morgan fingerprint density at radius 3 is 1.84 bits per heavy atom. The average Bonchev–Trinajstić information content (AvgIpc) is 2.75. The second-order valence-electron chi connectivity index (χ2n) is 7.77. The summed E-state index contributed by atoms with van der Waals surface area (Å²) < 4.78 is 4.79. The molecule has 0 bridgehead atoms. The first-order valence-electron chi connectivity index (χ1n) is 12.2. The largest absolute Gasteiger partial charge is 0.478 e. The highest BCUT2D eigenvalue weighted by atomic mass is 16.5. The number of carboxylic acids is 1. The first-order valence-corrected chi connectivity index (χ1v) is 12.2. The summed E-state index contributed by atoms with van der Waals surface area (Å²) in [6.45, 7) is 4.55. The van der Waals surface area contributed by atoms with Crippen LogP contribution in [0.3, 0.4) is 0 Å². The van der Waals surface area contributed by atoms with Crippen molar-refractivity contribution in [3.8, 4) is 12.3 Å². The van der Waals surface area contributed by atoms with Crippen LogP contribution in [0.15, 0.2) is 24.3 Å². The third kappa shape index (κ3) is 32.8. The van der Waals surface area contributed by atoms with Gasteiger partial charge in [-0.1, -0.05) is 115 Å². The summed E-state index contributed by atoms with van der Waals surface area (Å²) in [5.41, 5.74) is 0. The van der Waals surface area contributed by atoms with E-state index in [9.17, 15) is 9.59 Å². The summed E-state index contributed by atoms with van der Waals surface area (Å²) in [5, 5.41) is 8.29. The number of allylic oxidation sites excluding steroid dienone is 3. The summed E-state index contributed by atoms with van der Waals surface area (Å²) in [6, 6.07) is 0. The number of carbonyl (C=O) groups excluding carboxylic acids is 1. The number of carboxylic acid groups (broad SMARTS) is 1. The molecule has 0 radical (unpaired) electrons. The molecule has 0 rings (SSSR count). The van der Waals surface area contributed by atoms with E-state index in [1.165, 1.54) is 77.0 Å². The Morgan fingerprint density at radius 2 is 1.32 bits per heavy atom. The maximum Gasteiger partial charge on any atom is 0.328 e. The molecule has 0 aliphatic rings. The molecule has 4 nitrogen and oxygen atoms in total. The number of terminal acetylenes is 1. The van der Waals surface area contributed by atoms with Crippen LogP contribution in [-0.2, 0) is 14.3 Å². The smallest absolute Gasteiger partial charge is 0.328 e. The fraction of sp³-hybridized carbons (Fsp3) is 0.704. The standard InChI is InChI=1S/C15H26O2.C12H20O2/c1-3-5-6-7-8-9-10-11-12-13-15(16)17-14-4-2;1-2-3-4-5-6-7-8-9-10-11-12(13)14/h2H,3,5-14H2,1H3;8-11H,2-7H2,1H3,(H,13,14). The zero-order chi connectivity index (χ0) is 23.4. The molecular formula is C27H46O4. The quantitative estimate of drug-likeness (QED) is 0.0746. The molecule has 0 amide bonds. The summed E-state index contributed by atoms with van der Waals surface area (Å²) in [4.78, 5) is 21.2. The van der Waals surface area contributed by atoms with Crippen LogP contribution in [0.2, 0.25) is 0 Å². The van der Waals surface area contributed by atoms with E-state index >= 15 is 0 Å². The van der Waals surface area contributed by atoms with E-state index in [-0.39, 0.29) is 12.6 Å². The van der Waals surface area contributed by atoms with Crippen LogP contribution >= 0.6 is 0 Å². The molecule has 0 unspecified atom stereocenters. The second-order valence-corrected chi connectivity index (χ2v) is 7.77. The lowest BCUT2D eigenvalue weighted by atomic mass is 10.1. The molecule has 0 aliphatic carbocycles. The van der Waals surface area contributed by atoms with Gasteiger partial charge in [-0.25, -0.2) is 4.79 Å². The van der Waals surface area contributed by atoms with Crippen molar-refractivity contribution in [2.24, 2.45) is 0 Å². The molecule has 0 saturated carbocycles. The highest BCUT2D eigenvalue weighted by Crippen LogP contribution is 2.10. The van der Waals surface area contributed by atoms with Crippen LogP contribution in [-0.4, -0.2) is 23.7 Å². The summed E-state index contributed by atoms with van der Waals surface area (Å²) in [6.07, 6.45) is 30.8. The van der Waals surface area contributed by atoms with Crippen molar-refractivity contribution < 1.29 is 19.4 Å². The molecule has 0 spiro atoms. The average molecular weight is 435 g/mol. The van der Waals surface area contributed by atoms with Gasteiger partial charge in [0.15, 0.2) is 6.61 Å². The van der Waals surface area contributed by atoms with Gasteiger partial charge in [0.2, 0.25) is 0 Å². The van der Waals surface area contributed by atoms with Gasteiger partial charge in [-0.15, -0.1) is 6.42 Å². The lowest BCUT2D eigenvalue weighted by molar-refractivity contribution is -0.142. The van der Waals surface area contributed by atoms with E-state index in [1.54, 1.807) is 12.2 Å². The number of aliphatic carboxylic acids is 1. The minimum absolute atomic E-state index is 0.107. The molecule has 31 heavy (non-hydrogen) atoms. The van der Waals surface area contributed by atoms with Crippen molar-refractivity contribution in [2.75, 3.05) is 6.61 Å². The Balaban J connectivity index is 0. The van der Waals surface area contributed by atoms with E-state index < -0.39 is 5.97 Å². The van der Waals surface area contributed by atoms with Crippen LogP contribution in [0, 0.1) is 12.3 Å². The van der Waals surface area contributed by atoms with Gasteiger partial charge < -0.3 is 9.84 Å². The molecule has 1 N–H and O–H groups in total. The third-order valence-corrected chi connectivity index (χ3v) is 4.76. The van der Waals surface area contributed by atoms with Crippen LogP contribution in [0.5, 0.6) is 0 Å². The number of carbonyl (C=O) groups is 2. The number of hydrogen-bond acceptors (Lipinski definition) is 3. The SMILES string of the molecule is C#CCOC(=O)CCCCCCCCCCC.CCCCCCCC=CC=CC(=O)O. The highest BCUT2D eigenvalue weighted by Gasteiger charge is 2.00. The third-order valence-electron chi connectivity index (χ3n) is 4.76. The number of unbranched alkanes of at least 4 members (excludes halogenated alkanes) is 13. The molecule has 0 aromatic heterocycles. The van der Waals surface area contributed by atoms with Gasteiger partial charge in [0.25, 0.3) is 0 Å². The number of esters is 1. The van der Waals surface area contributed by atoms with E-state index in [4.69, 9.17) is 16.3 Å². The molecule has 0 aromatic carbocycles. The monoisotopic (exact) mass is 434 g/mol. The van der Waals surface area contributed by atoms with Crippen LogP contribution in [0.1, 0.15) is 117 Å². The molecule has 178 valence electrons. The maximum atomic E-state index is 11.1. The molecule has 4 heteroatoms. The Bertz CT molecular complexity index is 500. The first-order chi connectivity index (χ1) is 15.1. The van der Waals surface area contributed by atoms with Crippen molar-refractivity contribution in [2.45, 2.75) is 117 Å². The van der Waals surface area contributed by atoms with Gasteiger partial charge in [-0.3, -0.25) is 4.79 Å². The van der Waals surface area contributed by atoms with Crippen molar-refractivity contribution >= 4 is 11.9 Å². The number of rotatable bonds is 19. The van der Waals surface area contributed by atoms with Gasteiger partial charge in [-0.05, 0) is 19.3 Å². The van der Waals surface area contributed by atoms with Crippen molar-refractivity contribution in [1.29, 1.82) is 0 Å². The summed E-state index contributed by atoms with van der Waals surface area (Å²) in [7, 11) is 0. The van der Waals surface area contributed by atoms with Crippen LogP contribution in [0.25, 0.3) is 0 Å². The summed E-state index contributed by atoms with van der Waals surface area (Å²) in [5.74, 6) is 1.24. The maximum absolute atomic E-state index is 11.1. The van der Waals surface area contributed by atoms with Crippen molar-refractivity contribution in [3.05, 3.63) is 24.3 Å². The molecule has 0 aromatic rings. The lowest BCUT2D eigenvalue weighted by Crippen LogP contribution is -2.03. The minimum Gasteiger partial charge on any atom is -0.478 e. The fourth-order valence-electron chi connectivity index (χ4n) is 2.95. The van der Waals surface area contributed by atoms with E-state index in [0.29, 0.717) is 6.42 Å². The molecule has 0 heterocycles. The van der Waals surface area contributed by atoms with E-state index in [2.05, 4.69) is 19.8 Å². The van der Waals surface area contributed by atoms with E-state index in [1.807, 2.05) is 6.08 Å². The predicted molar refractivity (Wildman–Crippen MR) is 131 cm³/mol. The van der Waals surface area contributed by atoms with Gasteiger partial charge in [-0.2, -0.15) is 0 Å². The molecule has 0 aliphatic heterocycles. The zero-order valence-corrected chi connectivity index (χ0v) is 20.1. The zero-order valence-electron chi connectivity index (χ0n) is 20.1. The summed E-state index contributed by atoms with van der Waals surface area (Å²) >= 11 is 0. The Morgan fingerprint density at radius 1 is 0.806 bits per heavy atom. The topological polar surface area (TPSA) is 63.6 Å². The molecule has 0 fully saturated rings. The molecule has 0 saturated heterocycles. The van der Waals surface area contributed by atoms with Gasteiger partial charge in [0.05, 0.1) is 0 Å². The Hall–Kier alpha value is -2.02. The van der Waals surface area contributed by atoms with Crippen molar-refractivity contribution in [3.63, 3.8) is 0 Å². The van der Waals surface area contributed by atoms with Crippen molar-refractivity contribution in [1.82, 2.24) is 0 Å². The Labute approximate surface area is 191 Å². The fourth-order valence-corrected chi connectivity index (χ4v) is 2.95. The predicted octanol–water partition coefficient (Wildman–Crippen LogP) is 7.63. The molecular weight excluding hydrogens is 388 g/mol. The normalized spacial score (nSPS) is 10.6. The van der Waals surface area contributed by atoms with E-state index in [0.717, 1.165) is 25.3 Å². The van der Waals surface area contributed by atoms with Gasteiger partial charge in [0, 0.05) is 12.5 Å². The molecule has 0 atom stereocenters. The minimum atomic E-state index is -0.891. The van der Waals surface area contributed by atoms with Gasteiger partial charge >= 0.3 is 11.9 Å².